The summed E-state index contributed by atoms with van der Waals surface area (Å²) in [7, 11) is 0. The number of fused-ring (bicyclic) bond motifs is 9. The van der Waals surface area contributed by atoms with Crippen LogP contribution in [0.4, 0.5) is 11.4 Å². The molecule has 2 heteroatoms. The number of rotatable bonds is 6. The van der Waals surface area contributed by atoms with Gasteiger partial charge in [-0.15, -0.1) is 0 Å². The van der Waals surface area contributed by atoms with E-state index in [-0.39, 0.29) is 0 Å². The van der Waals surface area contributed by atoms with Gasteiger partial charge in [0.1, 0.15) is 0 Å². The molecule has 64 heavy (non-hydrogen) atoms. The third-order valence-electron chi connectivity index (χ3n) is 13.2. The highest BCUT2D eigenvalue weighted by Crippen LogP contribution is 2.49. The number of aromatic nitrogens is 1. The van der Waals surface area contributed by atoms with Crippen LogP contribution in [-0.2, 0) is 6.42 Å². The van der Waals surface area contributed by atoms with Crippen molar-refractivity contribution in [2.24, 2.45) is 0 Å². The normalized spacial score (nSPS) is 15.1. The molecule has 2 nitrogen and oxygen atoms in total. The molecule has 312 valence electrons. The number of allylic oxidation sites excluding steroid dienone is 8. The number of hydrogen-bond donors (Lipinski definition) is 0. The van der Waals surface area contributed by atoms with E-state index in [0.717, 1.165) is 25.7 Å². The molecule has 0 bridgehead atoms. The van der Waals surface area contributed by atoms with E-state index >= 15 is 0 Å². The van der Waals surface area contributed by atoms with E-state index in [4.69, 9.17) is 0 Å². The van der Waals surface area contributed by atoms with Crippen LogP contribution in [0.3, 0.4) is 0 Å². The first-order chi connectivity index (χ1) is 31.7. The topological polar surface area (TPSA) is 7.65 Å². The van der Waals surface area contributed by atoms with Crippen molar-refractivity contribution in [1.29, 1.82) is 0 Å². The van der Waals surface area contributed by atoms with Crippen molar-refractivity contribution in [1.82, 2.24) is 4.40 Å². The molecule has 0 aliphatic heterocycles. The maximum Gasteiger partial charge on any atom is 0.0641 e. The van der Waals surface area contributed by atoms with Crippen LogP contribution in [0.1, 0.15) is 82.1 Å². The third-order valence-corrected chi connectivity index (χ3v) is 13.2. The molecule has 7 aromatic carbocycles. The van der Waals surface area contributed by atoms with E-state index < -0.39 is 0 Å². The van der Waals surface area contributed by atoms with Gasteiger partial charge in [-0.05, 0) is 123 Å². The van der Waals surface area contributed by atoms with E-state index in [0.29, 0.717) is 5.92 Å². The number of anilines is 2. The van der Waals surface area contributed by atoms with Crippen molar-refractivity contribution in [3.05, 3.63) is 210 Å². The van der Waals surface area contributed by atoms with Crippen molar-refractivity contribution in [2.75, 3.05) is 4.90 Å². The summed E-state index contributed by atoms with van der Waals surface area (Å²) in [6.07, 6.45) is 15.0. The summed E-state index contributed by atoms with van der Waals surface area (Å²) in [5.41, 5.74) is 20.8. The summed E-state index contributed by atoms with van der Waals surface area (Å²) in [5, 5.41) is 5.18. The van der Waals surface area contributed by atoms with Crippen LogP contribution in [0.25, 0.3) is 71.5 Å². The molecule has 0 fully saturated rings. The fourth-order valence-corrected chi connectivity index (χ4v) is 10.5. The van der Waals surface area contributed by atoms with Crippen LogP contribution in [0, 0.1) is 11.8 Å². The molecular formula is C62H54N2. The Labute approximate surface area is 378 Å². The Kier molecular flexibility index (Phi) is 11.1. The zero-order valence-electron chi connectivity index (χ0n) is 37.6. The molecule has 3 aliphatic carbocycles. The second-order valence-corrected chi connectivity index (χ2v) is 16.6. The summed E-state index contributed by atoms with van der Waals surface area (Å²) in [6, 6.07) is 56.4. The first-order valence-corrected chi connectivity index (χ1v) is 23.3. The van der Waals surface area contributed by atoms with E-state index in [9.17, 15) is 0 Å². The predicted octanol–water partition coefficient (Wildman–Crippen LogP) is 17.1. The van der Waals surface area contributed by atoms with Gasteiger partial charge in [-0.3, -0.25) is 0 Å². The SMILES string of the molecule is CC.CC.CC1Cc2cc(C3=CC#CCC=C3)ccc2-c2cccc(C3=CC=C(N(c4ccc(-c5ccccc5)cc4)c4ccc5c6ccccc6n6c7ccccc7c4c56)CC3)c21. The van der Waals surface area contributed by atoms with Crippen molar-refractivity contribution in [2.45, 2.75) is 66.2 Å². The maximum absolute atomic E-state index is 3.22. The zero-order chi connectivity index (χ0) is 43.7. The number of benzene rings is 7. The minimum Gasteiger partial charge on any atom is -0.314 e. The molecule has 0 spiro atoms. The summed E-state index contributed by atoms with van der Waals surface area (Å²) in [4.78, 5) is 2.54. The van der Waals surface area contributed by atoms with Gasteiger partial charge in [-0.25, -0.2) is 0 Å². The Balaban J connectivity index is 0.00000118. The van der Waals surface area contributed by atoms with E-state index in [1.54, 1.807) is 0 Å². The van der Waals surface area contributed by atoms with Crippen LogP contribution in [-0.4, -0.2) is 4.40 Å². The Morgan fingerprint density at radius 2 is 1.30 bits per heavy atom. The number of para-hydroxylation sites is 2. The van der Waals surface area contributed by atoms with Crippen molar-refractivity contribution in [3.8, 4) is 34.1 Å². The molecule has 9 aromatic rings. The summed E-state index contributed by atoms with van der Waals surface area (Å²) >= 11 is 0. The van der Waals surface area contributed by atoms with Gasteiger partial charge in [0.25, 0.3) is 0 Å². The molecule has 1 atom stereocenters. The smallest absolute Gasteiger partial charge is 0.0641 e. The van der Waals surface area contributed by atoms with E-state index in [2.05, 4.69) is 210 Å². The largest absolute Gasteiger partial charge is 0.314 e. The Morgan fingerprint density at radius 1 is 0.594 bits per heavy atom. The van der Waals surface area contributed by atoms with Crippen LogP contribution in [0.5, 0.6) is 0 Å². The molecule has 0 saturated carbocycles. The van der Waals surface area contributed by atoms with Gasteiger partial charge in [-0.1, -0.05) is 186 Å². The van der Waals surface area contributed by atoms with Crippen LogP contribution in [0.15, 0.2) is 188 Å². The lowest BCUT2D eigenvalue weighted by Gasteiger charge is -2.32. The fraction of sp³-hybridized carbons (Fsp3) is 0.161. The first kappa shape index (κ1) is 40.7. The maximum atomic E-state index is 3.22. The molecule has 1 unspecified atom stereocenters. The summed E-state index contributed by atoms with van der Waals surface area (Å²) in [6.45, 7) is 10.4. The quantitative estimate of drug-likeness (QED) is 0.152. The third kappa shape index (κ3) is 6.84. The first-order valence-electron chi connectivity index (χ1n) is 23.3. The second kappa shape index (κ2) is 17.4. The van der Waals surface area contributed by atoms with Crippen molar-refractivity contribution < 1.29 is 0 Å². The predicted molar refractivity (Wildman–Crippen MR) is 277 cm³/mol. The molecule has 0 radical (unpaired) electrons. The van der Waals surface area contributed by atoms with Gasteiger partial charge in [0.2, 0.25) is 0 Å². The lowest BCUT2D eigenvalue weighted by atomic mass is 9.75. The monoisotopic (exact) mass is 826 g/mol. The molecule has 3 aliphatic rings. The Morgan fingerprint density at radius 3 is 2.08 bits per heavy atom. The van der Waals surface area contributed by atoms with Crippen LogP contribution >= 0.6 is 0 Å². The Bertz CT molecular complexity index is 3380. The van der Waals surface area contributed by atoms with Gasteiger partial charge >= 0.3 is 0 Å². The van der Waals surface area contributed by atoms with Crippen LogP contribution < -0.4 is 4.90 Å². The lowest BCUT2D eigenvalue weighted by Crippen LogP contribution is -2.18. The summed E-state index contributed by atoms with van der Waals surface area (Å²) in [5.74, 6) is 6.82. The highest BCUT2D eigenvalue weighted by atomic mass is 15.2. The average molecular weight is 827 g/mol. The molecule has 0 N–H and O–H groups in total. The molecule has 2 aromatic heterocycles. The molecular weight excluding hydrogens is 773 g/mol. The second-order valence-electron chi connectivity index (χ2n) is 16.6. The highest BCUT2D eigenvalue weighted by Gasteiger charge is 2.29. The van der Waals surface area contributed by atoms with Crippen molar-refractivity contribution in [3.63, 3.8) is 0 Å². The van der Waals surface area contributed by atoms with Gasteiger partial charge in [0, 0.05) is 39.4 Å². The van der Waals surface area contributed by atoms with Gasteiger partial charge in [0.15, 0.2) is 0 Å². The zero-order valence-corrected chi connectivity index (χ0v) is 37.6. The van der Waals surface area contributed by atoms with Crippen LogP contribution in [0.2, 0.25) is 0 Å². The molecule has 12 rings (SSSR count). The van der Waals surface area contributed by atoms with Gasteiger partial charge in [0.05, 0.1) is 22.2 Å². The highest BCUT2D eigenvalue weighted by molar-refractivity contribution is 6.27. The minimum absolute atomic E-state index is 0.408. The van der Waals surface area contributed by atoms with E-state index in [1.807, 2.05) is 27.7 Å². The Hall–Kier alpha value is -7.34. The average Bonchev–Trinajstić information content (AvgIpc) is 3.74. The van der Waals surface area contributed by atoms with Gasteiger partial charge < -0.3 is 9.30 Å². The lowest BCUT2D eigenvalue weighted by molar-refractivity contribution is 0.745. The van der Waals surface area contributed by atoms with Gasteiger partial charge in [-0.2, -0.15) is 0 Å². The van der Waals surface area contributed by atoms with E-state index in [1.165, 1.54) is 111 Å². The molecule has 2 heterocycles. The summed E-state index contributed by atoms with van der Waals surface area (Å²) < 4.78 is 2.49. The fourth-order valence-electron chi connectivity index (χ4n) is 10.5. The molecule has 0 amide bonds. The number of hydrogen-bond acceptors (Lipinski definition) is 1. The van der Waals surface area contributed by atoms with Crippen molar-refractivity contribution >= 4 is 60.6 Å². The minimum atomic E-state index is 0.408. The number of nitrogens with zero attached hydrogens (tertiary/aromatic N) is 2. The molecule has 0 saturated heterocycles. The standard InChI is InChI=1S/C58H42N2.2C2H6/c1-38-36-44-37-43(40-16-5-2-3-6-17-40)28-33-47(44)50-21-13-20-48(56(38)50)42-26-31-46(32-27-42)59(45-29-24-41(25-30-45)39-14-7-4-8-15-39)55-35-34-51-49-18-9-11-22-53(49)60-54-23-12-10-19-52(54)57(55)58(51)60;2*1-2/h4-5,7-26,28-31,33-35,37-38H,2,27,32,36H2,1H3;2*1-2H3.